The predicted molar refractivity (Wildman–Crippen MR) is 72.5 cm³/mol. The van der Waals surface area contributed by atoms with E-state index in [-0.39, 0.29) is 5.82 Å². The van der Waals surface area contributed by atoms with Crippen molar-refractivity contribution in [2.24, 2.45) is 5.92 Å². The molecule has 1 amide bonds. The molecule has 1 aliphatic carbocycles. The summed E-state index contributed by atoms with van der Waals surface area (Å²) in [6, 6.07) is 6.58. The predicted octanol–water partition coefficient (Wildman–Crippen LogP) is 2.27. The van der Waals surface area contributed by atoms with E-state index in [1.165, 1.54) is 25.0 Å². The normalized spacial score (nSPS) is 19.6. The highest BCUT2D eigenvalue weighted by atomic mass is 19.1. The van der Waals surface area contributed by atoms with Gasteiger partial charge >= 0.3 is 0 Å². The fraction of sp³-hybridized carbons (Fsp3) is 0.533. The van der Waals surface area contributed by atoms with E-state index >= 15 is 0 Å². The van der Waals surface area contributed by atoms with Gasteiger partial charge in [-0.2, -0.15) is 0 Å². The van der Waals surface area contributed by atoms with Crippen LogP contribution in [0.1, 0.15) is 19.3 Å². The van der Waals surface area contributed by atoms with Gasteiger partial charge < -0.3 is 9.80 Å². The SMILES string of the molecule is O=C(CC1CC1)N1CCN(c2ccc(F)cc2)CC1. The van der Waals surface area contributed by atoms with Crippen LogP contribution in [0.15, 0.2) is 24.3 Å². The van der Waals surface area contributed by atoms with Crippen LogP contribution in [0.25, 0.3) is 0 Å². The zero-order valence-electron chi connectivity index (χ0n) is 11.0. The van der Waals surface area contributed by atoms with Crippen molar-refractivity contribution in [2.75, 3.05) is 31.1 Å². The number of benzene rings is 1. The second kappa shape index (κ2) is 5.19. The van der Waals surface area contributed by atoms with Gasteiger partial charge in [-0.1, -0.05) is 0 Å². The molecule has 1 saturated heterocycles. The summed E-state index contributed by atoms with van der Waals surface area (Å²) < 4.78 is 12.9. The summed E-state index contributed by atoms with van der Waals surface area (Å²) >= 11 is 0. The average Bonchev–Trinajstić information content (AvgIpc) is 3.24. The summed E-state index contributed by atoms with van der Waals surface area (Å²) in [4.78, 5) is 16.2. The molecule has 3 rings (SSSR count). The highest BCUT2D eigenvalue weighted by molar-refractivity contribution is 5.77. The Labute approximate surface area is 113 Å². The zero-order valence-corrected chi connectivity index (χ0v) is 11.0. The number of nitrogens with zero attached hydrogens (tertiary/aromatic N) is 2. The number of halogens is 1. The van der Waals surface area contributed by atoms with Crippen molar-refractivity contribution in [2.45, 2.75) is 19.3 Å². The monoisotopic (exact) mass is 262 g/mol. The quantitative estimate of drug-likeness (QED) is 0.834. The van der Waals surface area contributed by atoms with Crippen molar-refractivity contribution >= 4 is 11.6 Å². The summed E-state index contributed by atoms with van der Waals surface area (Å²) in [5, 5.41) is 0. The summed E-state index contributed by atoms with van der Waals surface area (Å²) in [6.45, 7) is 3.23. The minimum atomic E-state index is -0.206. The van der Waals surface area contributed by atoms with Crippen molar-refractivity contribution in [1.29, 1.82) is 0 Å². The van der Waals surface area contributed by atoms with Gasteiger partial charge in [-0.05, 0) is 43.0 Å². The molecule has 0 aromatic heterocycles. The standard InChI is InChI=1S/C15H19FN2O/c16-13-3-5-14(6-4-13)17-7-9-18(10-8-17)15(19)11-12-1-2-12/h3-6,12H,1-2,7-11H2. The first kappa shape index (κ1) is 12.5. The molecule has 102 valence electrons. The Balaban J connectivity index is 1.53. The number of piperazine rings is 1. The van der Waals surface area contributed by atoms with E-state index in [4.69, 9.17) is 0 Å². The maximum atomic E-state index is 12.9. The third-order valence-corrected chi connectivity index (χ3v) is 3.98. The van der Waals surface area contributed by atoms with Gasteiger partial charge in [0.2, 0.25) is 5.91 Å². The van der Waals surface area contributed by atoms with Crippen LogP contribution in [-0.2, 0) is 4.79 Å². The van der Waals surface area contributed by atoms with Crippen LogP contribution in [0.4, 0.5) is 10.1 Å². The van der Waals surface area contributed by atoms with Crippen LogP contribution in [0.3, 0.4) is 0 Å². The van der Waals surface area contributed by atoms with Gasteiger partial charge in [-0.3, -0.25) is 4.79 Å². The van der Waals surface area contributed by atoms with Crippen molar-refractivity contribution in [1.82, 2.24) is 4.90 Å². The highest BCUT2D eigenvalue weighted by Crippen LogP contribution is 2.33. The number of carbonyl (C=O) groups is 1. The molecule has 19 heavy (non-hydrogen) atoms. The fourth-order valence-electron chi connectivity index (χ4n) is 2.56. The molecule has 0 bridgehead atoms. The molecular weight excluding hydrogens is 243 g/mol. The molecule has 0 atom stereocenters. The maximum Gasteiger partial charge on any atom is 0.222 e. The Morgan fingerprint density at radius 1 is 1.11 bits per heavy atom. The van der Waals surface area contributed by atoms with E-state index in [1.807, 2.05) is 4.90 Å². The average molecular weight is 262 g/mol. The minimum Gasteiger partial charge on any atom is -0.368 e. The molecule has 2 aliphatic rings. The molecule has 1 aromatic rings. The molecule has 1 saturated carbocycles. The molecule has 2 fully saturated rings. The Morgan fingerprint density at radius 2 is 1.74 bits per heavy atom. The first-order valence-electron chi connectivity index (χ1n) is 7.00. The van der Waals surface area contributed by atoms with E-state index < -0.39 is 0 Å². The van der Waals surface area contributed by atoms with Crippen LogP contribution in [0, 0.1) is 11.7 Å². The highest BCUT2D eigenvalue weighted by Gasteiger charge is 2.28. The Hall–Kier alpha value is -1.58. The number of anilines is 1. The van der Waals surface area contributed by atoms with Gasteiger partial charge in [0.15, 0.2) is 0 Å². The lowest BCUT2D eigenvalue weighted by Crippen LogP contribution is -2.48. The van der Waals surface area contributed by atoms with Crippen LogP contribution < -0.4 is 4.90 Å². The number of rotatable bonds is 3. The van der Waals surface area contributed by atoms with E-state index in [0.717, 1.165) is 38.3 Å². The molecule has 3 nitrogen and oxygen atoms in total. The van der Waals surface area contributed by atoms with E-state index in [1.54, 1.807) is 12.1 Å². The number of hydrogen-bond donors (Lipinski definition) is 0. The fourth-order valence-corrected chi connectivity index (χ4v) is 2.56. The molecular formula is C15H19FN2O. The molecule has 4 heteroatoms. The molecule has 0 unspecified atom stereocenters. The van der Waals surface area contributed by atoms with Gasteiger partial charge in [0, 0.05) is 38.3 Å². The van der Waals surface area contributed by atoms with Gasteiger partial charge in [-0.25, -0.2) is 4.39 Å². The third-order valence-electron chi connectivity index (χ3n) is 3.98. The topological polar surface area (TPSA) is 23.6 Å². The maximum absolute atomic E-state index is 12.9. The molecule has 1 aliphatic heterocycles. The molecule has 1 aromatic carbocycles. The summed E-state index contributed by atoms with van der Waals surface area (Å²) in [6.07, 6.45) is 3.18. The largest absolute Gasteiger partial charge is 0.368 e. The molecule has 0 spiro atoms. The first-order chi connectivity index (χ1) is 9.22. The van der Waals surface area contributed by atoms with E-state index in [2.05, 4.69) is 4.90 Å². The number of hydrogen-bond acceptors (Lipinski definition) is 2. The Kier molecular flexibility index (Phi) is 3.40. The lowest BCUT2D eigenvalue weighted by Gasteiger charge is -2.36. The van der Waals surface area contributed by atoms with E-state index in [0.29, 0.717) is 11.8 Å². The number of amides is 1. The van der Waals surface area contributed by atoms with Crippen LogP contribution in [0.2, 0.25) is 0 Å². The Bertz CT molecular complexity index is 448. The second-order valence-electron chi connectivity index (χ2n) is 5.49. The lowest BCUT2D eigenvalue weighted by molar-refractivity contribution is -0.131. The Morgan fingerprint density at radius 3 is 2.32 bits per heavy atom. The van der Waals surface area contributed by atoms with E-state index in [9.17, 15) is 9.18 Å². The van der Waals surface area contributed by atoms with Crippen LogP contribution in [-0.4, -0.2) is 37.0 Å². The molecule has 0 N–H and O–H groups in total. The van der Waals surface area contributed by atoms with Gasteiger partial charge in [0.25, 0.3) is 0 Å². The van der Waals surface area contributed by atoms with Gasteiger partial charge in [0.1, 0.15) is 5.82 Å². The minimum absolute atomic E-state index is 0.206. The smallest absolute Gasteiger partial charge is 0.222 e. The summed E-state index contributed by atoms with van der Waals surface area (Å²) in [5.74, 6) is 0.755. The van der Waals surface area contributed by atoms with Crippen molar-refractivity contribution < 1.29 is 9.18 Å². The number of carbonyl (C=O) groups excluding carboxylic acids is 1. The van der Waals surface area contributed by atoms with Crippen molar-refractivity contribution in [3.63, 3.8) is 0 Å². The van der Waals surface area contributed by atoms with Gasteiger partial charge in [0.05, 0.1) is 0 Å². The lowest BCUT2D eigenvalue weighted by atomic mass is 10.2. The zero-order chi connectivity index (χ0) is 13.2. The molecule has 1 heterocycles. The van der Waals surface area contributed by atoms with Crippen LogP contribution in [0.5, 0.6) is 0 Å². The van der Waals surface area contributed by atoms with Crippen LogP contribution >= 0.6 is 0 Å². The van der Waals surface area contributed by atoms with Crippen molar-refractivity contribution in [3.8, 4) is 0 Å². The second-order valence-corrected chi connectivity index (χ2v) is 5.49. The van der Waals surface area contributed by atoms with Crippen molar-refractivity contribution in [3.05, 3.63) is 30.1 Å². The van der Waals surface area contributed by atoms with Gasteiger partial charge in [-0.15, -0.1) is 0 Å². The third kappa shape index (κ3) is 3.06. The first-order valence-corrected chi connectivity index (χ1v) is 7.00. The summed E-state index contributed by atoms with van der Waals surface area (Å²) in [5.41, 5.74) is 1.04. The molecule has 0 radical (unpaired) electrons. The summed E-state index contributed by atoms with van der Waals surface area (Å²) in [7, 11) is 0.